The van der Waals surface area contributed by atoms with E-state index in [1.165, 1.54) is 0 Å². The van der Waals surface area contributed by atoms with Crippen LogP contribution >= 0.6 is 23.2 Å². The summed E-state index contributed by atoms with van der Waals surface area (Å²) in [4.78, 5) is 8.36. The van der Waals surface area contributed by atoms with E-state index in [1.807, 2.05) is 30.3 Å². The fourth-order valence-corrected chi connectivity index (χ4v) is 2.25. The Morgan fingerprint density at radius 2 is 1.82 bits per heavy atom. The van der Waals surface area contributed by atoms with E-state index in [4.69, 9.17) is 23.2 Å². The molecule has 3 aromatic rings. The van der Waals surface area contributed by atoms with Gasteiger partial charge in [-0.2, -0.15) is 0 Å². The minimum atomic E-state index is 0.309. The summed E-state index contributed by atoms with van der Waals surface area (Å²) in [6.07, 6.45) is 1.72. The maximum absolute atomic E-state index is 6.09. The normalized spacial score (nSPS) is 10.9. The van der Waals surface area contributed by atoms with Crippen LogP contribution in [0.2, 0.25) is 10.4 Å². The molecule has 0 amide bonds. The van der Waals surface area contributed by atoms with Crippen LogP contribution in [0.5, 0.6) is 0 Å². The molecule has 0 bridgehead atoms. The van der Waals surface area contributed by atoms with E-state index in [0.29, 0.717) is 10.4 Å². The lowest BCUT2D eigenvalue weighted by atomic mass is 10.2. The molecule has 0 atom stereocenters. The summed E-state index contributed by atoms with van der Waals surface area (Å²) in [7, 11) is 0. The van der Waals surface area contributed by atoms with Gasteiger partial charge in [-0.1, -0.05) is 41.9 Å². The van der Waals surface area contributed by atoms with E-state index in [1.54, 1.807) is 16.7 Å². The largest absolute Gasteiger partial charge is 0.267 e. The fourth-order valence-electron chi connectivity index (χ4n) is 1.74. The third-order valence-corrected chi connectivity index (χ3v) is 2.92. The molecule has 5 heteroatoms. The van der Waals surface area contributed by atoms with Gasteiger partial charge >= 0.3 is 0 Å². The van der Waals surface area contributed by atoms with Gasteiger partial charge in [-0.05, 0) is 11.6 Å². The van der Waals surface area contributed by atoms with Crippen molar-refractivity contribution in [1.82, 2.24) is 14.4 Å². The Kier molecular flexibility index (Phi) is 2.50. The van der Waals surface area contributed by atoms with Crippen LogP contribution < -0.4 is 0 Å². The molecule has 0 aliphatic heterocycles. The molecule has 0 saturated carbocycles. The van der Waals surface area contributed by atoms with Gasteiger partial charge in [-0.3, -0.25) is 4.40 Å². The first kappa shape index (κ1) is 10.6. The smallest absolute Gasteiger partial charge is 0.210 e. The number of halogens is 2. The van der Waals surface area contributed by atoms with Gasteiger partial charge in [0.05, 0.1) is 11.7 Å². The fraction of sp³-hybridized carbons (Fsp3) is 0. The molecule has 3 nitrogen and oxygen atoms in total. The second-order valence-electron chi connectivity index (χ2n) is 3.56. The molecule has 0 aliphatic carbocycles. The molecule has 0 saturated heterocycles. The average molecular weight is 264 g/mol. The first-order valence-corrected chi connectivity index (χ1v) is 5.76. The minimum absolute atomic E-state index is 0.309. The van der Waals surface area contributed by atoms with Gasteiger partial charge in [0.25, 0.3) is 0 Å². The van der Waals surface area contributed by atoms with E-state index in [2.05, 4.69) is 9.97 Å². The number of benzene rings is 1. The number of imidazole rings is 1. The van der Waals surface area contributed by atoms with Crippen LogP contribution in [0.25, 0.3) is 16.9 Å². The minimum Gasteiger partial charge on any atom is -0.267 e. The lowest BCUT2D eigenvalue weighted by Gasteiger charge is -2.03. The topological polar surface area (TPSA) is 30.2 Å². The Morgan fingerprint density at radius 3 is 2.59 bits per heavy atom. The summed E-state index contributed by atoms with van der Waals surface area (Å²) >= 11 is 11.9. The molecular weight excluding hydrogens is 257 g/mol. The van der Waals surface area contributed by atoms with Crippen molar-refractivity contribution >= 4 is 28.7 Å². The predicted molar refractivity (Wildman–Crippen MR) is 68.4 cm³/mol. The summed E-state index contributed by atoms with van der Waals surface area (Å²) in [5.74, 6) is 0.759. The average Bonchev–Trinajstić information content (AvgIpc) is 2.74. The van der Waals surface area contributed by atoms with E-state index in [9.17, 15) is 0 Å². The van der Waals surface area contributed by atoms with Gasteiger partial charge in [0, 0.05) is 11.6 Å². The second kappa shape index (κ2) is 4.02. The first-order valence-electron chi connectivity index (χ1n) is 5.00. The molecule has 3 rings (SSSR count). The number of nitrogens with zero attached hydrogens (tertiary/aromatic N) is 3. The molecular formula is C12H7Cl2N3. The van der Waals surface area contributed by atoms with Crippen molar-refractivity contribution in [3.8, 4) is 11.4 Å². The zero-order valence-electron chi connectivity index (χ0n) is 8.64. The highest BCUT2D eigenvalue weighted by Crippen LogP contribution is 2.24. The third-order valence-electron chi connectivity index (χ3n) is 2.47. The van der Waals surface area contributed by atoms with Gasteiger partial charge in [0.1, 0.15) is 11.0 Å². The van der Waals surface area contributed by atoms with Crippen LogP contribution in [0, 0.1) is 0 Å². The van der Waals surface area contributed by atoms with Gasteiger partial charge < -0.3 is 0 Å². The van der Waals surface area contributed by atoms with Crippen molar-refractivity contribution in [2.75, 3.05) is 0 Å². The summed E-state index contributed by atoms with van der Waals surface area (Å²) < 4.78 is 1.77. The van der Waals surface area contributed by atoms with Gasteiger partial charge in [-0.15, -0.1) is 0 Å². The Balaban J connectivity index is 2.32. The SMILES string of the molecule is Clc1cc2cnc(-c3ccccc3)n2c(Cl)n1. The van der Waals surface area contributed by atoms with Gasteiger partial charge in [0.2, 0.25) is 5.28 Å². The van der Waals surface area contributed by atoms with Crippen LogP contribution in [0.4, 0.5) is 0 Å². The van der Waals surface area contributed by atoms with E-state index in [0.717, 1.165) is 16.9 Å². The zero-order valence-corrected chi connectivity index (χ0v) is 10.2. The molecule has 2 aromatic heterocycles. The molecule has 0 radical (unpaired) electrons. The number of fused-ring (bicyclic) bond motifs is 1. The van der Waals surface area contributed by atoms with Crippen molar-refractivity contribution in [3.63, 3.8) is 0 Å². The molecule has 17 heavy (non-hydrogen) atoms. The van der Waals surface area contributed by atoms with Crippen molar-refractivity contribution in [2.24, 2.45) is 0 Å². The summed E-state index contributed by atoms with van der Waals surface area (Å²) in [5, 5.41) is 0.672. The number of aromatic nitrogens is 3. The molecule has 2 heterocycles. The van der Waals surface area contributed by atoms with Crippen LogP contribution in [-0.4, -0.2) is 14.4 Å². The quantitative estimate of drug-likeness (QED) is 0.495. The highest BCUT2D eigenvalue weighted by molar-refractivity contribution is 6.32. The number of rotatable bonds is 1. The van der Waals surface area contributed by atoms with Crippen LogP contribution in [0.1, 0.15) is 0 Å². The third kappa shape index (κ3) is 1.77. The van der Waals surface area contributed by atoms with E-state index in [-0.39, 0.29) is 0 Å². The lowest BCUT2D eigenvalue weighted by Crippen LogP contribution is -1.94. The van der Waals surface area contributed by atoms with Gasteiger partial charge in [-0.25, -0.2) is 9.97 Å². The second-order valence-corrected chi connectivity index (χ2v) is 4.28. The molecule has 0 aliphatic rings. The molecule has 0 fully saturated rings. The van der Waals surface area contributed by atoms with Crippen LogP contribution in [0.15, 0.2) is 42.6 Å². The Hall–Kier alpha value is -1.58. The summed E-state index contributed by atoms with van der Waals surface area (Å²) in [6, 6.07) is 11.5. The summed E-state index contributed by atoms with van der Waals surface area (Å²) in [6.45, 7) is 0. The standard InChI is InChI=1S/C12H7Cl2N3/c13-10-6-9-7-15-11(17(9)12(14)16-10)8-4-2-1-3-5-8/h1-7H. The molecule has 0 N–H and O–H groups in total. The Labute approximate surface area is 108 Å². The Bertz CT molecular complexity index is 677. The number of hydrogen-bond donors (Lipinski definition) is 0. The highest BCUT2D eigenvalue weighted by Gasteiger charge is 2.10. The first-order chi connectivity index (χ1) is 8.25. The monoisotopic (exact) mass is 263 g/mol. The van der Waals surface area contributed by atoms with Crippen LogP contribution in [0.3, 0.4) is 0 Å². The zero-order chi connectivity index (χ0) is 11.8. The maximum atomic E-state index is 6.09. The predicted octanol–water partition coefficient (Wildman–Crippen LogP) is 3.70. The molecule has 84 valence electrons. The lowest BCUT2D eigenvalue weighted by molar-refractivity contribution is 1.08. The van der Waals surface area contributed by atoms with Crippen molar-refractivity contribution in [3.05, 3.63) is 53.0 Å². The van der Waals surface area contributed by atoms with Crippen molar-refractivity contribution in [1.29, 1.82) is 0 Å². The maximum Gasteiger partial charge on any atom is 0.210 e. The van der Waals surface area contributed by atoms with Crippen molar-refractivity contribution in [2.45, 2.75) is 0 Å². The highest BCUT2D eigenvalue weighted by atomic mass is 35.5. The molecule has 0 spiro atoms. The van der Waals surface area contributed by atoms with Gasteiger partial charge in [0.15, 0.2) is 0 Å². The molecule has 1 aromatic carbocycles. The van der Waals surface area contributed by atoms with Crippen LogP contribution in [-0.2, 0) is 0 Å². The van der Waals surface area contributed by atoms with E-state index >= 15 is 0 Å². The van der Waals surface area contributed by atoms with E-state index < -0.39 is 0 Å². The summed E-state index contributed by atoms with van der Waals surface area (Å²) in [5.41, 5.74) is 1.81. The van der Waals surface area contributed by atoms with Crippen molar-refractivity contribution < 1.29 is 0 Å². The Morgan fingerprint density at radius 1 is 1.06 bits per heavy atom. The molecule has 0 unspecified atom stereocenters. The number of hydrogen-bond acceptors (Lipinski definition) is 2.